The second kappa shape index (κ2) is 10.4. The number of halogens is 1. The maximum atomic E-state index is 15.5. The van der Waals surface area contributed by atoms with Crippen molar-refractivity contribution in [2.24, 2.45) is 11.8 Å². The number of carboxylic acids is 1. The van der Waals surface area contributed by atoms with Crippen LogP contribution in [0.2, 0.25) is 0 Å². The minimum absolute atomic E-state index is 0.0177. The molecule has 1 aromatic carbocycles. The number of aliphatic carboxylic acids is 1. The highest BCUT2D eigenvalue weighted by atomic mass is 19.1. The standard InChI is InChI=1S/C29H32FN3O4/c1-3-20-14-24(28(34)18-9-7-5-4-6-8-17(2)12-18)31-26-15-23(32-33(20)26)21-10-11-25-22(27(21)30)13-19(16-37-25)29(35)36/h10-11,13-15,17-18H,3-9,12,16H2,1-2H3,(H,35,36)/t17-,18?/m1/s1. The SMILES string of the molecule is CCc1cc(C(=O)C2CCCCCC[C@@H](C)C2)nc2cc(-c3ccc4c(c3F)C=C(C(=O)O)CO4)nn12. The third kappa shape index (κ3) is 5.02. The van der Waals surface area contributed by atoms with Crippen LogP contribution in [0, 0.1) is 17.7 Å². The van der Waals surface area contributed by atoms with Gasteiger partial charge in [-0.2, -0.15) is 5.10 Å². The molecule has 1 N–H and O–H groups in total. The highest BCUT2D eigenvalue weighted by Gasteiger charge is 2.26. The molecule has 0 spiro atoms. The van der Waals surface area contributed by atoms with Crippen LogP contribution in [-0.4, -0.2) is 38.1 Å². The Morgan fingerprint density at radius 1 is 1.16 bits per heavy atom. The van der Waals surface area contributed by atoms with Gasteiger partial charge < -0.3 is 9.84 Å². The summed E-state index contributed by atoms with van der Waals surface area (Å²) >= 11 is 0. The Bertz CT molecular complexity index is 1390. The van der Waals surface area contributed by atoms with Gasteiger partial charge in [-0.25, -0.2) is 18.7 Å². The van der Waals surface area contributed by atoms with Crippen LogP contribution in [0.4, 0.5) is 4.39 Å². The lowest BCUT2D eigenvalue weighted by Crippen LogP contribution is -2.20. The first-order valence-electron chi connectivity index (χ1n) is 13.2. The second-order valence-electron chi connectivity index (χ2n) is 10.3. The molecule has 7 nitrogen and oxygen atoms in total. The number of ether oxygens (including phenoxy) is 1. The summed E-state index contributed by atoms with van der Waals surface area (Å²) in [4.78, 5) is 29.6. The highest BCUT2D eigenvalue weighted by molar-refractivity contribution is 5.97. The normalized spacial score (nSPS) is 20.2. The molecule has 1 aliphatic heterocycles. The summed E-state index contributed by atoms with van der Waals surface area (Å²) in [5, 5.41) is 13.9. The van der Waals surface area contributed by atoms with Crippen LogP contribution in [0.15, 0.2) is 29.8 Å². The molecule has 0 saturated heterocycles. The Balaban J connectivity index is 1.52. The molecule has 37 heavy (non-hydrogen) atoms. The van der Waals surface area contributed by atoms with Gasteiger partial charge in [0.05, 0.1) is 16.8 Å². The number of fused-ring (bicyclic) bond motifs is 2. The number of rotatable bonds is 5. The first-order valence-corrected chi connectivity index (χ1v) is 13.2. The molecular formula is C29H32FN3O4. The lowest BCUT2D eigenvalue weighted by Gasteiger charge is -2.18. The number of aryl methyl sites for hydroxylation is 1. The summed E-state index contributed by atoms with van der Waals surface area (Å²) in [5.41, 5.74) is 2.41. The van der Waals surface area contributed by atoms with Gasteiger partial charge >= 0.3 is 5.97 Å². The monoisotopic (exact) mass is 505 g/mol. The van der Waals surface area contributed by atoms with E-state index in [2.05, 4.69) is 17.0 Å². The summed E-state index contributed by atoms with van der Waals surface area (Å²) in [5.74, 6) is -0.908. The summed E-state index contributed by atoms with van der Waals surface area (Å²) in [6.45, 7) is 4.10. The maximum Gasteiger partial charge on any atom is 0.335 e. The fourth-order valence-electron chi connectivity index (χ4n) is 5.48. The van der Waals surface area contributed by atoms with E-state index in [4.69, 9.17) is 4.74 Å². The van der Waals surface area contributed by atoms with E-state index in [0.29, 0.717) is 35.1 Å². The van der Waals surface area contributed by atoms with Gasteiger partial charge in [0.25, 0.3) is 0 Å². The Hall–Kier alpha value is -3.55. The number of benzene rings is 1. The minimum Gasteiger partial charge on any atom is -0.488 e. The average molecular weight is 506 g/mol. The van der Waals surface area contributed by atoms with Crippen molar-refractivity contribution in [1.82, 2.24) is 14.6 Å². The molecule has 3 aromatic rings. The van der Waals surface area contributed by atoms with Crippen LogP contribution in [0.1, 0.15) is 80.5 Å². The van der Waals surface area contributed by atoms with Crippen LogP contribution in [0.25, 0.3) is 23.0 Å². The van der Waals surface area contributed by atoms with E-state index < -0.39 is 11.8 Å². The van der Waals surface area contributed by atoms with E-state index in [0.717, 1.165) is 37.8 Å². The van der Waals surface area contributed by atoms with Gasteiger partial charge in [0.1, 0.15) is 23.9 Å². The number of Topliss-reactive ketones (excluding diaryl/α,β-unsaturated/α-hetero) is 1. The molecule has 194 valence electrons. The summed E-state index contributed by atoms with van der Waals surface area (Å²) in [6, 6.07) is 6.70. The zero-order valence-electron chi connectivity index (χ0n) is 21.3. The number of hydrogen-bond acceptors (Lipinski definition) is 5. The molecule has 1 aliphatic carbocycles. The zero-order valence-corrected chi connectivity index (χ0v) is 21.3. The van der Waals surface area contributed by atoms with Gasteiger partial charge in [0, 0.05) is 23.2 Å². The summed E-state index contributed by atoms with van der Waals surface area (Å²) < 4.78 is 22.6. The molecule has 2 aliphatic rings. The molecule has 0 amide bonds. The lowest BCUT2D eigenvalue weighted by atomic mass is 9.86. The van der Waals surface area contributed by atoms with E-state index in [9.17, 15) is 14.7 Å². The topological polar surface area (TPSA) is 93.8 Å². The number of nitrogens with zero attached hydrogens (tertiary/aromatic N) is 3. The van der Waals surface area contributed by atoms with Crippen molar-refractivity contribution >= 4 is 23.5 Å². The van der Waals surface area contributed by atoms with Crippen molar-refractivity contribution in [2.45, 2.75) is 65.2 Å². The number of ketones is 1. The first-order chi connectivity index (χ1) is 17.9. The van der Waals surface area contributed by atoms with Crippen LogP contribution in [0.3, 0.4) is 0 Å². The molecule has 3 heterocycles. The average Bonchev–Trinajstić information content (AvgIpc) is 3.36. The smallest absolute Gasteiger partial charge is 0.335 e. The molecule has 1 saturated carbocycles. The predicted molar refractivity (Wildman–Crippen MR) is 138 cm³/mol. The first kappa shape index (κ1) is 25.1. The second-order valence-corrected chi connectivity index (χ2v) is 10.3. The largest absolute Gasteiger partial charge is 0.488 e. The number of hydrogen-bond donors (Lipinski definition) is 1. The Kier molecular flexibility index (Phi) is 7.09. The van der Waals surface area contributed by atoms with Crippen molar-refractivity contribution in [1.29, 1.82) is 0 Å². The van der Waals surface area contributed by atoms with Gasteiger partial charge in [-0.05, 0) is 49.5 Å². The molecule has 0 radical (unpaired) electrons. The minimum atomic E-state index is -1.15. The highest BCUT2D eigenvalue weighted by Crippen LogP contribution is 2.35. The number of carbonyl (C=O) groups is 2. The van der Waals surface area contributed by atoms with Gasteiger partial charge in [0.15, 0.2) is 11.4 Å². The van der Waals surface area contributed by atoms with E-state index in [1.165, 1.54) is 18.9 Å². The molecule has 2 atom stereocenters. The number of carboxylic acid groups (broad SMARTS) is 1. The Morgan fingerprint density at radius 3 is 2.70 bits per heavy atom. The lowest BCUT2D eigenvalue weighted by molar-refractivity contribution is -0.132. The maximum absolute atomic E-state index is 15.5. The van der Waals surface area contributed by atoms with E-state index in [-0.39, 0.29) is 35.0 Å². The number of aromatic nitrogens is 3. The van der Waals surface area contributed by atoms with Gasteiger partial charge in [-0.15, -0.1) is 0 Å². The van der Waals surface area contributed by atoms with Crippen molar-refractivity contribution in [3.05, 3.63) is 52.6 Å². The fraction of sp³-hybridized carbons (Fsp3) is 0.448. The molecule has 8 heteroatoms. The molecule has 2 aromatic heterocycles. The van der Waals surface area contributed by atoms with Crippen LogP contribution in [-0.2, 0) is 11.2 Å². The third-order valence-corrected chi connectivity index (χ3v) is 7.56. The summed E-state index contributed by atoms with van der Waals surface area (Å²) in [6.07, 6.45) is 9.53. The molecular weight excluding hydrogens is 473 g/mol. The van der Waals surface area contributed by atoms with E-state index in [1.807, 2.05) is 13.0 Å². The fourth-order valence-corrected chi connectivity index (χ4v) is 5.48. The molecule has 5 rings (SSSR count). The number of carbonyl (C=O) groups excluding carboxylic acids is 1. The third-order valence-electron chi connectivity index (χ3n) is 7.56. The van der Waals surface area contributed by atoms with Crippen molar-refractivity contribution in [3.63, 3.8) is 0 Å². The zero-order chi connectivity index (χ0) is 26.1. The van der Waals surface area contributed by atoms with E-state index in [1.54, 1.807) is 22.7 Å². The van der Waals surface area contributed by atoms with E-state index >= 15 is 4.39 Å². The molecule has 1 fully saturated rings. The predicted octanol–water partition coefficient (Wildman–Crippen LogP) is 6.14. The van der Waals surface area contributed by atoms with Crippen LogP contribution in [0.5, 0.6) is 5.75 Å². The van der Waals surface area contributed by atoms with Crippen molar-refractivity contribution in [3.8, 4) is 17.0 Å². The van der Waals surface area contributed by atoms with Gasteiger partial charge in [0.2, 0.25) is 0 Å². The quantitative estimate of drug-likeness (QED) is 0.419. The Morgan fingerprint density at radius 2 is 1.95 bits per heavy atom. The van der Waals surface area contributed by atoms with Gasteiger partial charge in [-0.3, -0.25) is 4.79 Å². The molecule has 0 bridgehead atoms. The Labute approximate surface area is 215 Å². The van der Waals surface area contributed by atoms with Crippen molar-refractivity contribution < 1.29 is 23.8 Å². The molecule has 1 unspecified atom stereocenters. The summed E-state index contributed by atoms with van der Waals surface area (Å²) in [7, 11) is 0. The van der Waals surface area contributed by atoms with Crippen molar-refractivity contribution in [2.75, 3.05) is 6.61 Å². The van der Waals surface area contributed by atoms with Crippen LogP contribution >= 0.6 is 0 Å². The van der Waals surface area contributed by atoms with Crippen LogP contribution < -0.4 is 4.74 Å². The van der Waals surface area contributed by atoms with Gasteiger partial charge in [-0.1, -0.05) is 46.0 Å².